The van der Waals surface area contributed by atoms with Crippen LogP contribution in [0.15, 0.2) is 22.7 Å². The van der Waals surface area contributed by atoms with Crippen LogP contribution in [0.1, 0.15) is 29.1 Å². The third-order valence-electron chi connectivity index (χ3n) is 4.27. The molecule has 1 saturated heterocycles. The molecule has 0 aliphatic carbocycles. The van der Waals surface area contributed by atoms with E-state index in [1.165, 1.54) is 14.0 Å². The molecule has 1 aliphatic heterocycles. The summed E-state index contributed by atoms with van der Waals surface area (Å²) in [5, 5.41) is 14.1. The number of rotatable bonds is 5. The lowest BCUT2D eigenvalue weighted by Crippen LogP contribution is -2.41. The predicted molar refractivity (Wildman–Crippen MR) is 92.4 cm³/mol. The van der Waals surface area contributed by atoms with Gasteiger partial charge in [0.15, 0.2) is 17.3 Å². The molecule has 1 fully saturated rings. The van der Waals surface area contributed by atoms with Crippen LogP contribution in [0, 0.1) is 0 Å². The van der Waals surface area contributed by atoms with Crippen molar-refractivity contribution < 1.29 is 28.6 Å². The van der Waals surface area contributed by atoms with Crippen molar-refractivity contribution in [1.29, 1.82) is 0 Å². The van der Waals surface area contributed by atoms with Crippen LogP contribution >= 0.6 is 0 Å². The molecule has 140 valence electrons. The lowest BCUT2D eigenvalue weighted by molar-refractivity contribution is 0.0298. The van der Waals surface area contributed by atoms with E-state index in [9.17, 15) is 9.90 Å². The Labute approximate surface area is 151 Å². The molecule has 0 radical (unpaired) electrons. The van der Waals surface area contributed by atoms with E-state index in [1.54, 1.807) is 30.2 Å². The summed E-state index contributed by atoms with van der Waals surface area (Å²) in [5.41, 5.74) is 1.25. The minimum absolute atomic E-state index is 0.145. The van der Waals surface area contributed by atoms with Crippen LogP contribution in [-0.2, 0) is 4.74 Å². The maximum atomic E-state index is 13.1. The first-order chi connectivity index (χ1) is 12.6. The van der Waals surface area contributed by atoms with Crippen molar-refractivity contribution in [3.05, 3.63) is 29.5 Å². The van der Waals surface area contributed by atoms with Gasteiger partial charge in [-0.3, -0.25) is 4.79 Å². The van der Waals surface area contributed by atoms with Gasteiger partial charge in [0.1, 0.15) is 17.4 Å². The quantitative estimate of drug-likeness (QED) is 0.868. The van der Waals surface area contributed by atoms with Crippen molar-refractivity contribution in [2.24, 2.45) is 0 Å². The molecule has 2 aromatic rings. The second-order valence-electron chi connectivity index (χ2n) is 5.92. The van der Waals surface area contributed by atoms with E-state index in [0.29, 0.717) is 49.1 Å². The Morgan fingerprint density at radius 2 is 1.92 bits per heavy atom. The standard InChI is InChI=1S/C18H22N2O6/c1-11(21)17-15(18(22)20-6-8-25-9-7-20)16(19-26-17)12-4-5-13(23-2)14(10-12)24-3/h4-5,10-11,21H,6-9H2,1-3H3/t11-/m0/s1. The SMILES string of the molecule is COc1ccc(-c2noc([C@H](C)O)c2C(=O)N2CCOCC2)cc1OC. The summed E-state index contributed by atoms with van der Waals surface area (Å²) in [6, 6.07) is 5.22. The molecular weight excluding hydrogens is 340 g/mol. The number of morpholine rings is 1. The number of benzene rings is 1. The first-order valence-electron chi connectivity index (χ1n) is 8.33. The highest BCUT2D eigenvalue weighted by molar-refractivity contribution is 6.01. The van der Waals surface area contributed by atoms with Crippen LogP contribution in [0.5, 0.6) is 11.5 Å². The number of aliphatic hydroxyl groups is 1. The zero-order valence-corrected chi connectivity index (χ0v) is 15.0. The van der Waals surface area contributed by atoms with Crippen molar-refractivity contribution in [3.63, 3.8) is 0 Å². The molecule has 1 aromatic heterocycles. The predicted octanol–water partition coefficient (Wildman–Crippen LogP) is 1.88. The van der Waals surface area contributed by atoms with Gasteiger partial charge >= 0.3 is 0 Å². The number of carbonyl (C=O) groups excluding carboxylic acids is 1. The number of nitrogens with zero attached hydrogens (tertiary/aromatic N) is 2. The summed E-state index contributed by atoms with van der Waals surface area (Å²) in [5.74, 6) is 0.981. The summed E-state index contributed by atoms with van der Waals surface area (Å²) in [4.78, 5) is 14.7. The van der Waals surface area contributed by atoms with Crippen molar-refractivity contribution in [3.8, 4) is 22.8 Å². The molecule has 1 aromatic carbocycles. The highest BCUT2D eigenvalue weighted by atomic mass is 16.5. The van der Waals surface area contributed by atoms with E-state index in [-0.39, 0.29) is 17.2 Å². The lowest BCUT2D eigenvalue weighted by atomic mass is 10.0. The third kappa shape index (κ3) is 3.38. The number of aliphatic hydroxyl groups excluding tert-OH is 1. The summed E-state index contributed by atoms with van der Waals surface area (Å²) in [6.45, 7) is 3.46. The smallest absolute Gasteiger partial charge is 0.260 e. The van der Waals surface area contributed by atoms with E-state index in [2.05, 4.69) is 5.16 Å². The molecule has 1 aliphatic rings. The average Bonchev–Trinajstić information content (AvgIpc) is 3.12. The Morgan fingerprint density at radius 1 is 1.23 bits per heavy atom. The number of methoxy groups -OCH3 is 2. The second-order valence-corrected chi connectivity index (χ2v) is 5.92. The highest BCUT2D eigenvalue weighted by Gasteiger charge is 2.31. The van der Waals surface area contributed by atoms with Gasteiger partial charge in [0.2, 0.25) is 0 Å². The molecule has 3 rings (SSSR count). The zero-order chi connectivity index (χ0) is 18.7. The lowest BCUT2D eigenvalue weighted by Gasteiger charge is -2.27. The molecule has 1 atom stereocenters. The zero-order valence-electron chi connectivity index (χ0n) is 15.0. The van der Waals surface area contributed by atoms with Gasteiger partial charge in [0.05, 0.1) is 27.4 Å². The Hall–Kier alpha value is -2.58. The number of carbonyl (C=O) groups is 1. The van der Waals surface area contributed by atoms with Crippen molar-refractivity contribution in [1.82, 2.24) is 10.1 Å². The first-order valence-corrected chi connectivity index (χ1v) is 8.33. The fraction of sp³-hybridized carbons (Fsp3) is 0.444. The van der Waals surface area contributed by atoms with Gasteiger partial charge < -0.3 is 28.7 Å². The van der Waals surface area contributed by atoms with Gasteiger partial charge in [0, 0.05) is 18.7 Å². The van der Waals surface area contributed by atoms with Gasteiger partial charge in [-0.2, -0.15) is 0 Å². The van der Waals surface area contributed by atoms with E-state index in [0.717, 1.165) is 0 Å². The fourth-order valence-corrected chi connectivity index (χ4v) is 2.90. The number of aromatic nitrogens is 1. The van der Waals surface area contributed by atoms with Crippen LogP contribution in [0.3, 0.4) is 0 Å². The van der Waals surface area contributed by atoms with Crippen LogP contribution in [0.4, 0.5) is 0 Å². The molecule has 26 heavy (non-hydrogen) atoms. The van der Waals surface area contributed by atoms with Gasteiger partial charge in [-0.25, -0.2) is 0 Å². The molecule has 0 spiro atoms. The van der Waals surface area contributed by atoms with E-state index in [1.807, 2.05) is 0 Å². The molecule has 2 heterocycles. The topological polar surface area (TPSA) is 94.3 Å². The molecule has 8 heteroatoms. The summed E-state index contributed by atoms with van der Waals surface area (Å²) in [6.07, 6.45) is -0.962. The molecular formula is C18H22N2O6. The monoisotopic (exact) mass is 362 g/mol. The summed E-state index contributed by atoms with van der Waals surface area (Å²) >= 11 is 0. The minimum Gasteiger partial charge on any atom is -0.493 e. The Kier molecular flexibility index (Phi) is 5.43. The van der Waals surface area contributed by atoms with E-state index >= 15 is 0 Å². The summed E-state index contributed by atoms with van der Waals surface area (Å²) < 4.78 is 21.2. The fourth-order valence-electron chi connectivity index (χ4n) is 2.90. The Morgan fingerprint density at radius 3 is 2.54 bits per heavy atom. The maximum absolute atomic E-state index is 13.1. The highest BCUT2D eigenvalue weighted by Crippen LogP contribution is 2.35. The van der Waals surface area contributed by atoms with Crippen molar-refractivity contribution >= 4 is 5.91 Å². The molecule has 0 saturated carbocycles. The molecule has 8 nitrogen and oxygen atoms in total. The van der Waals surface area contributed by atoms with Gasteiger partial charge in [0.25, 0.3) is 5.91 Å². The van der Waals surface area contributed by atoms with Crippen LogP contribution in [-0.4, -0.2) is 61.6 Å². The Balaban J connectivity index is 2.06. The Bertz CT molecular complexity index is 780. The average molecular weight is 362 g/mol. The molecule has 1 N–H and O–H groups in total. The largest absolute Gasteiger partial charge is 0.493 e. The van der Waals surface area contributed by atoms with Crippen LogP contribution in [0.25, 0.3) is 11.3 Å². The molecule has 0 unspecified atom stereocenters. The number of amides is 1. The number of hydrogen-bond acceptors (Lipinski definition) is 7. The van der Waals surface area contributed by atoms with E-state index < -0.39 is 6.10 Å². The maximum Gasteiger partial charge on any atom is 0.260 e. The third-order valence-corrected chi connectivity index (χ3v) is 4.27. The number of hydrogen-bond donors (Lipinski definition) is 1. The van der Waals surface area contributed by atoms with Crippen LogP contribution in [0.2, 0.25) is 0 Å². The van der Waals surface area contributed by atoms with E-state index in [4.69, 9.17) is 18.7 Å². The van der Waals surface area contributed by atoms with Crippen molar-refractivity contribution in [2.45, 2.75) is 13.0 Å². The van der Waals surface area contributed by atoms with Crippen LogP contribution < -0.4 is 9.47 Å². The van der Waals surface area contributed by atoms with Gasteiger partial charge in [-0.1, -0.05) is 5.16 Å². The number of ether oxygens (including phenoxy) is 3. The molecule has 0 bridgehead atoms. The van der Waals surface area contributed by atoms with Gasteiger partial charge in [-0.15, -0.1) is 0 Å². The summed E-state index contributed by atoms with van der Waals surface area (Å²) in [7, 11) is 3.08. The normalized spacial score (nSPS) is 15.6. The second kappa shape index (κ2) is 7.76. The van der Waals surface area contributed by atoms with Gasteiger partial charge in [-0.05, 0) is 25.1 Å². The minimum atomic E-state index is -0.962. The van der Waals surface area contributed by atoms with Crippen molar-refractivity contribution in [2.75, 3.05) is 40.5 Å². The first kappa shape index (κ1) is 18.2. The molecule has 1 amide bonds.